The molecule has 4 rings (SSSR count). The molecule has 0 fully saturated rings. The van der Waals surface area contributed by atoms with Gasteiger partial charge in [-0.05, 0) is 99.3 Å². The standard InChI is InChI=1S/C32H34Cl3N3O3/c1-6-37(7-2)30(39)32(4,5)22-13-18-25(26(19-22)41-8-3)29-36-27(20-9-14-23(33)15-10-20)28(38(29)31(35)40)21-11-16-24(34)17-12-21/h9-19,27-28H,6-8H2,1-5H3/t27-,28+/m0/s1. The molecule has 3 aromatic rings. The molecule has 9 heteroatoms. The Bertz CT molecular complexity index is 1430. The first-order valence-corrected chi connectivity index (χ1v) is 14.8. The maximum atomic E-state index is 13.4. The number of nitrogens with zero attached hydrogens (tertiary/aromatic N) is 3. The van der Waals surface area contributed by atoms with Crippen molar-refractivity contribution in [3.05, 3.63) is 99.0 Å². The molecule has 3 aromatic carbocycles. The summed E-state index contributed by atoms with van der Waals surface area (Å²) >= 11 is 18.7. The Labute approximate surface area is 256 Å². The lowest BCUT2D eigenvalue weighted by molar-refractivity contribution is -0.135. The van der Waals surface area contributed by atoms with Crippen molar-refractivity contribution in [1.82, 2.24) is 9.80 Å². The van der Waals surface area contributed by atoms with Crippen molar-refractivity contribution in [1.29, 1.82) is 0 Å². The van der Waals surface area contributed by atoms with Crippen LogP contribution in [0.1, 0.15) is 69.0 Å². The number of likely N-dealkylation sites (N-methyl/N-ethyl adjacent to an activating group) is 1. The highest BCUT2D eigenvalue weighted by Crippen LogP contribution is 2.46. The summed E-state index contributed by atoms with van der Waals surface area (Å²) in [5.74, 6) is 0.922. The number of hydrogen-bond donors (Lipinski definition) is 0. The van der Waals surface area contributed by atoms with Crippen molar-refractivity contribution in [2.45, 2.75) is 52.1 Å². The van der Waals surface area contributed by atoms with Crippen LogP contribution in [0.15, 0.2) is 71.7 Å². The molecule has 216 valence electrons. The van der Waals surface area contributed by atoms with Gasteiger partial charge in [-0.15, -0.1) is 0 Å². The molecular weight excluding hydrogens is 581 g/mol. The van der Waals surface area contributed by atoms with Crippen LogP contribution in [0, 0.1) is 0 Å². The molecule has 0 spiro atoms. The largest absolute Gasteiger partial charge is 0.493 e. The minimum atomic E-state index is -0.798. The number of amides is 2. The number of aliphatic imine (C=N–C) groups is 1. The Morgan fingerprint density at radius 2 is 1.46 bits per heavy atom. The number of amidine groups is 1. The van der Waals surface area contributed by atoms with E-state index in [-0.39, 0.29) is 5.91 Å². The van der Waals surface area contributed by atoms with Crippen molar-refractivity contribution in [2.75, 3.05) is 19.7 Å². The molecule has 41 heavy (non-hydrogen) atoms. The van der Waals surface area contributed by atoms with Crippen LogP contribution >= 0.6 is 34.8 Å². The van der Waals surface area contributed by atoms with Gasteiger partial charge in [0.15, 0.2) is 0 Å². The second kappa shape index (κ2) is 12.8. The highest BCUT2D eigenvalue weighted by Gasteiger charge is 2.43. The highest BCUT2D eigenvalue weighted by molar-refractivity contribution is 6.64. The normalized spacial score (nSPS) is 16.9. The average Bonchev–Trinajstić information content (AvgIpc) is 3.35. The first-order chi connectivity index (χ1) is 19.5. The molecule has 1 heterocycles. The van der Waals surface area contributed by atoms with Gasteiger partial charge < -0.3 is 9.64 Å². The van der Waals surface area contributed by atoms with E-state index >= 15 is 0 Å². The van der Waals surface area contributed by atoms with Crippen molar-refractivity contribution >= 4 is 51.9 Å². The molecule has 2 amide bonds. The number of carbonyl (C=O) groups is 2. The van der Waals surface area contributed by atoms with Gasteiger partial charge in [0, 0.05) is 23.1 Å². The molecular formula is C32H34Cl3N3O3. The van der Waals surface area contributed by atoms with Crippen LogP contribution in [0.25, 0.3) is 0 Å². The van der Waals surface area contributed by atoms with Crippen molar-refractivity contribution in [2.24, 2.45) is 4.99 Å². The monoisotopic (exact) mass is 613 g/mol. The maximum Gasteiger partial charge on any atom is 0.322 e. The summed E-state index contributed by atoms with van der Waals surface area (Å²) in [5.41, 5.74) is 2.29. The lowest BCUT2D eigenvalue weighted by Crippen LogP contribution is -2.43. The zero-order chi connectivity index (χ0) is 29.9. The summed E-state index contributed by atoms with van der Waals surface area (Å²) in [6.07, 6.45) is 0. The third-order valence-electron chi connectivity index (χ3n) is 7.51. The Morgan fingerprint density at radius 3 is 1.98 bits per heavy atom. The molecule has 1 aliphatic rings. The van der Waals surface area contributed by atoms with Crippen LogP contribution in [0.3, 0.4) is 0 Å². The first kappa shape index (κ1) is 30.9. The number of carbonyl (C=O) groups excluding carboxylic acids is 2. The zero-order valence-electron chi connectivity index (χ0n) is 23.8. The van der Waals surface area contributed by atoms with E-state index < -0.39 is 22.9 Å². The van der Waals surface area contributed by atoms with Crippen LogP contribution < -0.4 is 4.74 Å². The van der Waals surface area contributed by atoms with E-state index in [0.717, 1.165) is 16.7 Å². The lowest BCUT2D eigenvalue weighted by Gasteiger charge is -2.32. The van der Waals surface area contributed by atoms with Gasteiger partial charge in [0.1, 0.15) is 17.6 Å². The molecule has 0 aromatic heterocycles. The van der Waals surface area contributed by atoms with Crippen LogP contribution in [-0.4, -0.2) is 46.6 Å². The van der Waals surface area contributed by atoms with Crippen LogP contribution in [0.2, 0.25) is 10.0 Å². The Kier molecular flexibility index (Phi) is 9.68. The van der Waals surface area contributed by atoms with Gasteiger partial charge in [-0.2, -0.15) is 0 Å². The van der Waals surface area contributed by atoms with E-state index in [1.807, 2.05) is 82.0 Å². The Balaban J connectivity index is 1.87. The second-order valence-corrected chi connectivity index (χ2v) is 11.5. The fraction of sp³-hybridized carbons (Fsp3) is 0.344. The van der Waals surface area contributed by atoms with E-state index in [2.05, 4.69) is 0 Å². The quantitative estimate of drug-likeness (QED) is 0.179. The summed E-state index contributed by atoms with van der Waals surface area (Å²) in [6, 6.07) is 19.3. The topological polar surface area (TPSA) is 62.2 Å². The minimum Gasteiger partial charge on any atom is -0.493 e. The average molecular weight is 615 g/mol. The minimum absolute atomic E-state index is 0.0269. The Hall–Kier alpha value is -3.06. The van der Waals surface area contributed by atoms with Gasteiger partial charge in [-0.1, -0.05) is 53.5 Å². The molecule has 1 aliphatic heterocycles. The van der Waals surface area contributed by atoms with Crippen LogP contribution in [0.4, 0.5) is 4.79 Å². The van der Waals surface area contributed by atoms with Crippen LogP contribution in [0.5, 0.6) is 5.75 Å². The van der Waals surface area contributed by atoms with E-state index in [9.17, 15) is 9.59 Å². The summed E-state index contributed by atoms with van der Waals surface area (Å²) in [5, 5.41) is 0.500. The van der Waals surface area contributed by atoms with Gasteiger partial charge in [0.05, 0.1) is 23.6 Å². The number of rotatable bonds is 9. The summed E-state index contributed by atoms with van der Waals surface area (Å²) in [4.78, 5) is 34.9. The van der Waals surface area contributed by atoms with Gasteiger partial charge in [0.2, 0.25) is 5.91 Å². The van der Waals surface area contributed by atoms with Gasteiger partial charge >= 0.3 is 5.37 Å². The van der Waals surface area contributed by atoms with Crippen molar-refractivity contribution < 1.29 is 14.3 Å². The Morgan fingerprint density at radius 1 is 0.902 bits per heavy atom. The SMILES string of the molecule is CCOc1cc(C(C)(C)C(=O)N(CC)CC)ccc1C1=N[C@@H](c2ccc(Cl)cc2)[C@@H](c2ccc(Cl)cc2)N1C(=O)Cl. The number of halogens is 3. The van der Waals surface area contributed by atoms with E-state index in [1.54, 1.807) is 24.3 Å². The van der Waals surface area contributed by atoms with E-state index in [4.69, 9.17) is 44.5 Å². The predicted octanol–water partition coefficient (Wildman–Crippen LogP) is 8.44. The predicted molar refractivity (Wildman–Crippen MR) is 167 cm³/mol. The molecule has 0 radical (unpaired) electrons. The molecule has 6 nitrogen and oxygen atoms in total. The third kappa shape index (κ3) is 6.25. The van der Waals surface area contributed by atoms with Crippen LogP contribution in [-0.2, 0) is 10.2 Å². The molecule has 0 saturated carbocycles. The molecule has 0 aliphatic carbocycles. The van der Waals surface area contributed by atoms with Gasteiger partial charge in [-0.25, -0.2) is 0 Å². The van der Waals surface area contributed by atoms with Gasteiger partial charge in [-0.3, -0.25) is 19.5 Å². The van der Waals surface area contributed by atoms with E-state index in [1.165, 1.54) is 4.90 Å². The molecule has 0 unspecified atom stereocenters. The fourth-order valence-corrected chi connectivity index (χ4v) is 5.68. The smallest absolute Gasteiger partial charge is 0.322 e. The summed E-state index contributed by atoms with van der Waals surface area (Å²) in [7, 11) is 0. The highest BCUT2D eigenvalue weighted by atomic mass is 35.5. The molecule has 2 atom stereocenters. The fourth-order valence-electron chi connectivity index (χ4n) is 5.24. The van der Waals surface area contributed by atoms with E-state index in [0.29, 0.717) is 46.9 Å². The summed E-state index contributed by atoms with van der Waals surface area (Å²) < 4.78 is 6.10. The molecule has 0 bridgehead atoms. The zero-order valence-corrected chi connectivity index (χ0v) is 26.1. The molecule has 0 saturated heterocycles. The second-order valence-electron chi connectivity index (χ2n) is 10.3. The number of benzene rings is 3. The van der Waals surface area contributed by atoms with Crippen molar-refractivity contribution in [3.63, 3.8) is 0 Å². The first-order valence-electron chi connectivity index (χ1n) is 13.7. The summed E-state index contributed by atoms with van der Waals surface area (Å²) in [6.45, 7) is 11.3. The third-order valence-corrected chi connectivity index (χ3v) is 8.19. The lowest BCUT2D eigenvalue weighted by atomic mass is 9.82. The van der Waals surface area contributed by atoms with Crippen molar-refractivity contribution in [3.8, 4) is 5.75 Å². The van der Waals surface area contributed by atoms with Gasteiger partial charge in [0.25, 0.3) is 0 Å². The maximum absolute atomic E-state index is 13.4. The number of ether oxygens (including phenoxy) is 1. The number of hydrogen-bond acceptors (Lipinski definition) is 4. The molecule has 0 N–H and O–H groups in total.